The zero-order valence-corrected chi connectivity index (χ0v) is 15.5. The smallest absolute Gasteiger partial charge is 0.290 e. The number of amides is 1. The van der Waals surface area contributed by atoms with Crippen LogP contribution in [0.15, 0.2) is 59.2 Å². The van der Waals surface area contributed by atoms with Crippen LogP contribution >= 0.6 is 11.3 Å². The highest BCUT2D eigenvalue weighted by atomic mass is 32.1. The van der Waals surface area contributed by atoms with Crippen LogP contribution in [0.5, 0.6) is 0 Å². The van der Waals surface area contributed by atoms with E-state index in [4.69, 9.17) is 4.74 Å². The number of Topliss-reactive ketones (excluding diaryl/α,β-unsaturated/α-hetero) is 1. The van der Waals surface area contributed by atoms with Gasteiger partial charge in [0.25, 0.3) is 5.91 Å². The summed E-state index contributed by atoms with van der Waals surface area (Å²) in [7, 11) is 0. The van der Waals surface area contributed by atoms with Crippen molar-refractivity contribution in [3.05, 3.63) is 69.6 Å². The quantitative estimate of drug-likeness (QED) is 0.753. The van der Waals surface area contributed by atoms with Gasteiger partial charge < -0.3 is 14.7 Å². The zero-order chi connectivity index (χ0) is 18.7. The number of thiophene rings is 1. The first-order valence-electron chi connectivity index (χ1n) is 8.49. The molecule has 1 amide bonds. The number of ketones is 1. The molecular weight excluding hydrogens is 350 g/mol. The number of ether oxygens (including phenoxy) is 1. The van der Waals surface area contributed by atoms with Gasteiger partial charge in [-0.25, -0.2) is 0 Å². The number of nitrogens with zero attached hydrogens (tertiary/aromatic N) is 1. The molecular formula is C20H21NO4S. The van der Waals surface area contributed by atoms with Crippen molar-refractivity contribution in [1.82, 2.24) is 4.90 Å². The number of carbonyl (C=O) groups excluding carboxylic acids is 2. The summed E-state index contributed by atoms with van der Waals surface area (Å²) in [6.45, 7) is 4.46. The summed E-state index contributed by atoms with van der Waals surface area (Å²) in [6.07, 6.45) is 0.0386. The van der Waals surface area contributed by atoms with Crippen LogP contribution in [0.1, 0.15) is 35.1 Å². The molecule has 26 heavy (non-hydrogen) atoms. The van der Waals surface area contributed by atoms with E-state index < -0.39 is 17.7 Å². The van der Waals surface area contributed by atoms with E-state index in [9.17, 15) is 14.7 Å². The van der Waals surface area contributed by atoms with Crippen molar-refractivity contribution >= 4 is 23.0 Å². The molecule has 2 heterocycles. The van der Waals surface area contributed by atoms with Crippen LogP contribution in [0.2, 0.25) is 0 Å². The number of rotatable bonds is 7. The maximum atomic E-state index is 13.0. The van der Waals surface area contributed by atoms with Gasteiger partial charge >= 0.3 is 0 Å². The SMILES string of the molecule is CC(C)OCCN1C(=O)C(O)=C(C(=O)c2cccs2)C1c1ccccc1. The fraction of sp³-hybridized carbons (Fsp3) is 0.300. The number of carbonyl (C=O) groups is 2. The first kappa shape index (κ1) is 18.4. The highest BCUT2D eigenvalue weighted by Gasteiger charge is 2.43. The lowest BCUT2D eigenvalue weighted by atomic mass is 9.95. The average molecular weight is 371 g/mol. The Labute approximate surface area is 156 Å². The average Bonchev–Trinajstić information content (AvgIpc) is 3.24. The largest absolute Gasteiger partial charge is 0.503 e. The molecule has 1 N–H and O–H groups in total. The van der Waals surface area contributed by atoms with Crippen molar-refractivity contribution in [3.63, 3.8) is 0 Å². The minimum atomic E-state index is -0.617. The maximum absolute atomic E-state index is 13.0. The lowest BCUT2D eigenvalue weighted by Gasteiger charge is -2.27. The molecule has 2 aromatic rings. The molecule has 0 saturated heterocycles. The van der Waals surface area contributed by atoms with E-state index in [1.165, 1.54) is 16.2 Å². The summed E-state index contributed by atoms with van der Waals surface area (Å²) in [5, 5.41) is 12.3. The van der Waals surface area contributed by atoms with Crippen LogP contribution in [0.25, 0.3) is 0 Å². The molecule has 0 saturated carbocycles. The Bertz CT molecular complexity index is 812. The van der Waals surface area contributed by atoms with E-state index >= 15 is 0 Å². The van der Waals surface area contributed by atoms with Crippen molar-refractivity contribution in [2.24, 2.45) is 0 Å². The highest BCUT2D eigenvalue weighted by Crippen LogP contribution is 2.39. The lowest BCUT2D eigenvalue weighted by Crippen LogP contribution is -2.34. The Hall–Kier alpha value is -2.44. The summed E-state index contributed by atoms with van der Waals surface area (Å²) >= 11 is 1.29. The van der Waals surface area contributed by atoms with Crippen LogP contribution in [-0.2, 0) is 9.53 Å². The Balaban J connectivity index is 1.97. The molecule has 1 unspecified atom stereocenters. The van der Waals surface area contributed by atoms with E-state index in [1.807, 2.05) is 44.2 Å². The molecule has 1 aromatic heterocycles. The summed E-state index contributed by atoms with van der Waals surface area (Å²) in [4.78, 5) is 27.6. The lowest BCUT2D eigenvalue weighted by molar-refractivity contribution is -0.130. The van der Waals surface area contributed by atoms with Gasteiger partial charge in [0.2, 0.25) is 5.78 Å². The van der Waals surface area contributed by atoms with Crippen LogP contribution in [-0.4, -0.2) is 41.0 Å². The summed E-state index contributed by atoms with van der Waals surface area (Å²) in [5.74, 6) is -1.32. The van der Waals surface area contributed by atoms with Crippen molar-refractivity contribution < 1.29 is 19.4 Å². The molecule has 0 fully saturated rings. The van der Waals surface area contributed by atoms with Crippen LogP contribution in [0, 0.1) is 0 Å². The molecule has 0 spiro atoms. The third kappa shape index (κ3) is 3.57. The fourth-order valence-corrected chi connectivity index (χ4v) is 3.70. The van der Waals surface area contributed by atoms with E-state index in [-0.39, 0.29) is 17.5 Å². The third-order valence-electron chi connectivity index (χ3n) is 4.19. The highest BCUT2D eigenvalue weighted by molar-refractivity contribution is 7.12. The van der Waals surface area contributed by atoms with E-state index in [0.29, 0.717) is 18.0 Å². The second kappa shape index (κ2) is 7.85. The number of aliphatic hydroxyl groups is 1. The molecule has 0 aliphatic carbocycles. The maximum Gasteiger partial charge on any atom is 0.290 e. The minimum Gasteiger partial charge on any atom is -0.503 e. The molecule has 6 heteroatoms. The first-order valence-corrected chi connectivity index (χ1v) is 9.37. The Morgan fingerprint density at radius 3 is 2.58 bits per heavy atom. The van der Waals surface area contributed by atoms with Gasteiger partial charge in [-0.1, -0.05) is 36.4 Å². The van der Waals surface area contributed by atoms with Gasteiger partial charge in [-0.3, -0.25) is 9.59 Å². The molecule has 136 valence electrons. The van der Waals surface area contributed by atoms with Crippen molar-refractivity contribution in [2.75, 3.05) is 13.2 Å². The molecule has 5 nitrogen and oxygen atoms in total. The van der Waals surface area contributed by atoms with Crippen molar-refractivity contribution in [3.8, 4) is 0 Å². The molecule has 1 aromatic carbocycles. The van der Waals surface area contributed by atoms with Crippen LogP contribution < -0.4 is 0 Å². The number of hydrogen-bond acceptors (Lipinski definition) is 5. The Kier molecular flexibility index (Phi) is 5.54. The molecule has 3 rings (SSSR count). The monoisotopic (exact) mass is 371 g/mol. The molecule has 0 radical (unpaired) electrons. The topological polar surface area (TPSA) is 66.8 Å². The first-order chi connectivity index (χ1) is 12.5. The molecule has 1 aliphatic rings. The van der Waals surface area contributed by atoms with Gasteiger partial charge in [0.15, 0.2) is 5.76 Å². The molecule has 1 aliphatic heterocycles. The van der Waals surface area contributed by atoms with E-state index in [2.05, 4.69) is 0 Å². The predicted octanol–water partition coefficient (Wildman–Crippen LogP) is 3.75. The van der Waals surface area contributed by atoms with Gasteiger partial charge in [-0.05, 0) is 30.9 Å². The van der Waals surface area contributed by atoms with E-state index in [1.54, 1.807) is 17.5 Å². The van der Waals surface area contributed by atoms with Gasteiger partial charge in [0.1, 0.15) is 0 Å². The van der Waals surface area contributed by atoms with Gasteiger partial charge in [0.05, 0.1) is 29.2 Å². The van der Waals surface area contributed by atoms with E-state index in [0.717, 1.165) is 5.56 Å². The standard InChI is InChI=1S/C20H21NO4S/c1-13(2)25-11-10-21-17(14-7-4-3-5-8-14)16(19(23)20(21)24)18(22)15-9-6-12-26-15/h3-9,12-13,17,23H,10-11H2,1-2H3. The summed E-state index contributed by atoms with van der Waals surface area (Å²) < 4.78 is 5.56. The van der Waals surface area contributed by atoms with Gasteiger partial charge in [-0.15, -0.1) is 11.3 Å². The van der Waals surface area contributed by atoms with Gasteiger partial charge in [-0.2, -0.15) is 0 Å². The number of hydrogen-bond donors (Lipinski definition) is 1. The van der Waals surface area contributed by atoms with Crippen LogP contribution in [0.3, 0.4) is 0 Å². The molecule has 0 bridgehead atoms. The fourth-order valence-electron chi connectivity index (χ4n) is 3.03. The third-order valence-corrected chi connectivity index (χ3v) is 5.06. The second-order valence-corrected chi connectivity index (χ2v) is 7.25. The number of aliphatic hydroxyl groups excluding tert-OH is 1. The van der Waals surface area contributed by atoms with Gasteiger partial charge in [0, 0.05) is 6.54 Å². The van der Waals surface area contributed by atoms with Crippen molar-refractivity contribution in [1.29, 1.82) is 0 Å². The summed E-state index contributed by atoms with van der Waals surface area (Å²) in [6, 6.07) is 12.1. The van der Waals surface area contributed by atoms with Crippen LogP contribution in [0.4, 0.5) is 0 Å². The van der Waals surface area contributed by atoms with Crippen molar-refractivity contribution in [2.45, 2.75) is 26.0 Å². The number of benzene rings is 1. The normalized spacial score (nSPS) is 17.4. The minimum absolute atomic E-state index is 0.0386. The second-order valence-electron chi connectivity index (χ2n) is 6.30. The zero-order valence-electron chi connectivity index (χ0n) is 14.7. The predicted molar refractivity (Wildman–Crippen MR) is 100 cm³/mol. The molecule has 1 atom stereocenters. The Morgan fingerprint density at radius 2 is 1.96 bits per heavy atom. The Morgan fingerprint density at radius 1 is 1.23 bits per heavy atom. The summed E-state index contributed by atoms with van der Waals surface area (Å²) in [5.41, 5.74) is 0.919.